The molecule has 3 nitrogen and oxygen atoms in total. The molecule has 76 valence electrons. The Labute approximate surface area is 93.1 Å². The van der Waals surface area contributed by atoms with Gasteiger partial charge in [0.05, 0.1) is 0 Å². The maximum absolute atomic E-state index is 11.6. The second-order valence-electron chi connectivity index (χ2n) is 3.40. The van der Waals surface area contributed by atoms with Crippen molar-refractivity contribution < 1.29 is 4.79 Å². The summed E-state index contributed by atoms with van der Waals surface area (Å²) in [4.78, 5) is 17.3. The van der Waals surface area contributed by atoms with Crippen LogP contribution in [0.3, 0.4) is 0 Å². The molecule has 0 radical (unpaired) electrons. The minimum absolute atomic E-state index is 0.00715. The Bertz CT molecular complexity index is 438. The molecule has 0 saturated carbocycles. The topological polar surface area (TPSA) is 33.2 Å². The largest absolute Gasteiger partial charge is 0.295 e. The maximum atomic E-state index is 11.6. The average molecular weight is 221 g/mol. The number of anilines is 1. The molecule has 2 heterocycles. The van der Waals surface area contributed by atoms with Crippen molar-refractivity contribution in [2.24, 2.45) is 5.92 Å². The van der Waals surface area contributed by atoms with Gasteiger partial charge in [-0.3, -0.25) is 9.69 Å². The van der Waals surface area contributed by atoms with Crippen LogP contribution in [-0.2, 0) is 4.79 Å². The van der Waals surface area contributed by atoms with Gasteiger partial charge in [0.25, 0.3) is 0 Å². The Balaban J connectivity index is 2.26. The van der Waals surface area contributed by atoms with Crippen LogP contribution < -0.4 is 4.90 Å². The lowest BCUT2D eigenvalue weighted by molar-refractivity contribution is -0.117. The molecule has 1 saturated heterocycles. The molecule has 1 unspecified atom stereocenters. The first kappa shape index (κ1) is 10.0. The summed E-state index contributed by atoms with van der Waals surface area (Å²) < 4.78 is 0. The molecule has 1 atom stereocenters. The number of terminal acetylenes is 1. The average Bonchev–Trinajstić information content (AvgIpc) is 2.60. The van der Waals surface area contributed by atoms with Gasteiger partial charge in [0.2, 0.25) is 5.91 Å². The number of carbonyl (C=O) groups excluding carboxylic acids is 1. The Morgan fingerprint density at radius 2 is 2.47 bits per heavy atom. The highest BCUT2D eigenvalue weighted by molar-refractivity contribution is 6.30. The highest BCUT2D eigenvalue weighted by Crippen LogP contribution is 2.24. The van der Waals surface area contributed by atoms with E-state index in [1.165, 1.54) is 0 Å². The van der Waals surface area contributed by atoms with Gasteiger partial charge in [-0.1, -0.05) is 11.6 Å². The molecular weight excluding hydrogens is 212 g/mol. The molecule has 0 aliphatic carbocycles. The number of hydrogen-bond donors (Lipinski definition) is 0. The number of carbonyl (C=O) groups is 1. The monoisotopic (exact) mass is 220 g/mol. The highest BCUT2D eigenvalue weighted by Gasteiger charge is 2.30. The van der Waals surface area contributed by atoms with Crippen molar-refractivity contribution in [3.63, 3.8) is 0 Å². The summed E-state index contributed by atoms with van der Waals surface area (Å²) in [7, 11) is 0. The Morgan fingerprint density at radius 3 is 3.07 bits per heavy atom. The third kappa shape index (κ3) is 1.95. The third-order valence-corrected chi connectivity index (χ3v) is 2.58. The number of rotatable bonds is 1. The van der Waals surface area contributed by atoms with E-state index >= 15 is 0 Å². The first-order chi connectivity index (χ1) is 7.20. The van der Waals surface area contributed by atoms with Crippen molar-refractivity contribution >= 4 is 23.3 Å². The summed E-state index contributed by atoms with van der Waals surface area (Å²) >= 11 is 5.82. The Hall–Kier alpha value is -1.53. The van der Waals surface area contributed by atoms with E-state index in [1.54, 1.807) is 23.2 Å². The summed E-state index contributed by atoms with van der Waals surface area (Å²) in [6.45, 7) is 0.530. The molecule has 1 amide bonds. The van der Waals surface area contributed by atoms with Crippen LogP contribution in [0, 0.1) is 18.3 Å². The normalized spacial score (nSPS) is 20.4. The lowest BCUT2D eigenvalue weighted by atomic mass is 10.1. The first-order valence-electron chi connectivity index (χ1n) is 4.59. The van der Waals surface area contributed by atoms with Crippen molar-refractivity contribution in [3.8, 4) is 12.3 Å². The van der Waals surface area contributed by atoms with Gasteiger partial charge in [-0.2, -0.15) is 0 Å². The fraction of sp³-hybridized carbons (Fsp3) is 0.273. The van der Waals surface area contributed by atoms with Crippen molar-refractivity contribution in [2.45, 2.75) is 6.42 Å². The van der Waals surface area contributed by atoms with Crippen LogP contribution in [0.2, 0.25) is 5.02 Å². The molecule has 2 rings (SSSR count). The molecule has 0 spiro atoms. The maximum Gasteiger partial charge on any atom is 0.229 e. The summed E-state index contributed by atoms with van der Waals surface area (Å²) in [5.41, 5.74) is 0. The number of nitrogens with zero attached hydrogens (tertiary/aromatic N) is 2. The zero-order valence-corrected chi connectivity index (χ0v) is 8.74. The molecule has 4 heteroatoms. The number of pyridine rings is 1. The van der Waals surface area contributed by atoms with Gasteiger partial charge < -0.3 is 0 Å². The fourth-order valence-electron chi connectivity index (χ4n) is 1.58. The van der Waals surface area contributed by atoms with Crippen LogP contribution >= 0.6 is 11.6 Å². The van der Waals surface area contributed by atoms with E-state index in [9.17, 15) is 4.79 Å². The minimum atomic E-state index is -0.0155. The molecule has 0 aromatic carbocycles. The van der Waals surface area contributed by atoms with Gasteiger partial charge in [0.1, 0.15) is 5.82 Å². The Morgan fingerprint density at radius 1 is 1.67 bits per heavy atom. The zero-order valence-electron chi connectivity index (χ0n) is 7.98. The zero-order chi connectivity index (χ0) is 10.8. The van der Waals surface area contributed by atoms with Gasteiger partial charge >= 0.3 is 0 Å². The Kier molecular flexibility index (Phi) is 2.61. The predicted molar refractivity (Wildman–Crippen MR) is 58.5 cm³/mol. The van der Waals surface area contributed by atoms with Crippen LogP contribution in [0.4, 0.5) is 5.82 Å². The van der Waals surface area contributed by atoms with Crippen LogP contribution in [0.15, 0.2) is 18.3 Å². The SMILES string of the molecule is C#CC1CC(=O)N(c2cc(Cl)ccn2)C1. The molecule has 1 aromatic rings. The van der Waals surface area contributed by atoms with E-state index in [0.717, 1.165) is 0 Å². The molecule has 1 aliphatic heterocycles. The molecular formula is C11H9ClN2O. The van der Waals surface area contributed by atoms with E-state index in [1.807, 2.05) is 0 Å². The molecule has 15 heavy (non-hydrogen) atoms. The van der Waals surface area contributed by atoms with Crippen LogP contribution in [0.1, 0.15) is 6.42 Å². The predicted octanol–water partition coefficient (Wildman–Crippen LogP) is 1.72. The fourth-order valence-corrected chi connectivity index (χ4v) is 1.74. The molecule has 0 bridgehead atoms. The van der Waals surface area contributed by atoms with Crippen molar-refractivity contribution in [1.82, 2.24) is 4.98 Å². The van der Waals surface area contributed by atoms with Crippen molar-refractivity contribution in [2.75, 3.05) is 11.4 Å². The first-order valence-corrected chi connectivity index (χ1v) is 4.96. The minimum Gasteiger partial charge on any atom is -0.295 e. The molecule has 1 fully saturated rings. The van der Waals surface area contributed by atoms with Gasteiger partial charge in [-0.25, -0.2) is 4.98 Å². The summed E-state index contributed by atoms with van der Waals surface area (Å²) in [6, 6.07) is 3.34. The standard InChI is InChI=1S/C11H9ClN2O/c1-2-8-5-11(15)14(7-8)10-6-9(12)3-4-13-10/h1,3-4,6,8H,5,7H2. The van der Waals surface area contributed by atoms with Crippen LogP contribution in [0.5, 0.6) is 0 Å². The molecule has 1 aliphatic rings. The summed E-state index contributed by atoms with van der Waals surface area (Å²) in [6.07, 6.45) is 7.26. The van der Waals surface area contributed by atoms with Gasteiger partial charge in [0.15, 0.2) is 0 Å². The number of aromatic nitrogens is 1. The van der Waals surface area contributed by atoms with E-state index in [2.05, 4.69) is 10.9 Å². The molecule has 0 N–H and O–H groups in total. The highest BCUT2D eigenvalue weighted by atomic mass is 35.5. The number of halogens is 1. The quantitative estimate of drug-likeness (QED) is 0.676. The van der Waals surface area contributed by atoms with Gasteiger partial charge in [-0.05, 0) is 12.1 Å². The second kappa shape index (κ2) is 3.92. The van der Waals surface area contributed by atoms with E-state index < -0.39 is 0 Å². The van der Waals surface area contributed by atoms with Gasteiger partial charge in [0, 0.05) is 30.1 Å². The van der Waals surface area contributed by atoms with E-state index in [0.29, 0.717) is 23.8 Å². The number of amides is 1. The van der Waals surface area contributed by atoms with Crippen molar-refractivity contribution in [1.29, 1.82) is 0 Å². The summed E-state index contributed by atoms with van der Waals surface area (Å²) in [5.74, 6) is 3.15. The smallest absolute Gasteiger partial charge is 0.229 e. The second-order valence-corrected chi connectivity index (χ2v) is 3.84. The van der Waals surface area contributed by atoms with Gasteiger partial charge in [-0.15, -0.1) is 12.3 Å². The van der Waals surface area contributed by atoms with Crippen molar-refractivity contribution in [3.05, 3.63) is 23.4 Å². The van der Waals surface area contributed by atoms with Crippen LogP contribution in [0.25, 0.3) is 0 Å². The lowest BCUT2D eigenvalue weighted by Crippen LogP contribution is -2.25. The van der Waals surface area contributed by atoms with E-state index in [4.69, 9.17) is 18.0 Å². The third-order valence-electron chi connectivity index (χ3n) is 2.34. The van der Waals surface area contributed by atoms with E-state index in [-0.39, 0.29) is 11.8 Å². The summed E-state index contributed by atoms with van der Waals surface area (Å²) in [5, 5.41) is 0.567. The molecule has 1 aromatic heterocycles. The van der Waals surface area contributed by atoms with Crippen LogP contribution in [-0.4, -0.2) is 17.4 Å². The lowest BCUT2D eigenvalue weighted by Gasteiger charge is -2.14. The number of hydrogen-bond acceptors (Lipinski definition) is 2.